The molecule has 0 aliphatic carbocycles. The summed E-state index contributed by atoms with van der Waals surface area (Å²) in [6.07, 6.45) is 2.91. The lowest BCUT2D eigenvalue weighted by Gasteiger charge is -2.30. The molecule has 6 heteroatoms. The van der Waals surface area contributed by atoms with Gasteiger partial charge in [-0.3, -0.25) is 9.59 Å². The van der Waals surface area contributed by atoms with Crippen molar-refractivity contribution >= 4 is 34.4 Å². The molecule has 1 fully saturated rings. The number of carboxylic acid groups (broad SMARTS) is 1. The summed E-state index contributed by atoms with van der Waals surface area (Å²) >= 11 is 6.14. The number of carboxylic acids is 1. The van der Waals surface area contributed by atoms with Gasteiger partial charge in [-0.2, -0.15) is 0 Å². The molecule has 116 valence electrons. The van der Waals surface area contributed by atoms with E-state index in [-0.39, 0.29) is 18.4 Å². The summed E-state index contributed by atoms with van der Waals surface area (Å²) in [4.78, 5) is 25.1. The van der Waals surface area contributed by atoms with Gasteiger partial charge in [0.15, 0.2) is 0 Å². The molecule has 5 nitrogen and oxygen atoms in total. The molecule has 0 radical (unpaired) electrons. The summed E-state index contributed by atoms with van der Waals surface area (Å²) in [5.41, 5.74) is 0.932. The number of piperidine rings is 1. The number of carbonyl (C=O) groups excluding carboxylic acids is 1. The molecule has 0 atom stereocenters. The maximum absolute atomic E-state index is 12.4. The SMILES string of the molecule is O=C(O)C1CCN(C(=O)Cn2ccc3c(Cl)cccc32)CC1. The van der Waals surface area contributed by atoms with Gasteiger partial charge in [-0.05, 0) is 31.0 Å². The summed E-state index contributed by atoms with van der Waals surface area (Å²) in [5.74, 6) is -1.07. The Kier molecular flexibility index (Phi) is 4.07. The molecule has 3 rings (SSSR count). The second kappa shape index (κ2) is 6.01. The molecule has 0 spiro atoms. The van der Waals surface area contributed by atoms with E-state index in [9.17, 15) is 9.59 Å². The average Bonchev–Trinajstić information content (AvgIpc) is 2.92. The van der Waals surface area contributed by atoms with Crippen LogP contribution in [0.1, 0.15) is 12.8 Å². The van der Waals surface area contributed by atoms with Crippen LogP contribution in [0.15, 0.2) is 30.5 Å². The van der Waals surface area contributed by atoms with Crippen LogP contribution in [0, 0.1) is 5.92 Å². The summed E-state index contributed by atoms with van der Waals surface area (Å²) in [6.45, 7) is 1.27. The largest absolute Gasteiger partial charge is 0.481 e. The summed E-state index contributed by atoms with van der Waals surface area (Å²) in [6, 6.07) is 7.53. The first-order valence-electron chi connectivity index (χ1n) is 7.30. The summed E-state index contributed by atoms with van der Waals surface area (Å²) in [5, 5.41) is 10.6. The van der Waals surface area contributed by atoms with E-state index in [1.165, 1.54) is 0 Å². The monoisotopic (exact) mass is 320 g/mol. The molecular weight excluding hydrogens is 304 g/mol. The van der Waals surface area contributed by atoms with Gasteiger partial charge in [-0.15, -0.1) is 0 Å². The molecule has 2 heterocycles. The lowest BCUT2D eigenvalue weighted by molar-refractivity contribution is -0.145. The van der Waals surface area contributed by atoms with E-state index >= 15 is 0 Å². The number of hydrogen-bond acceptors (Lipinski definition) is 2. The number of carbonyl (C=O) groups is 2. The molecule has 1 amide bonds. The van der Waals surface area contributed by atoms with Gasteiger partial charge in [0.05, 0.1) is 5.92 Å². The number of aliphatic carboxylic acids is 1. The fourth-order valence-electron chi connectivity index (χ4n) is 2.95. The number of aromatic nitrogens is 1. The van der Waals surface area contributed by atoms with Crippen LogP contribution >= 0.6 is 11.6 Å². The molecule has 22 heavy (non-hydrogen) atoms. The Morgan fingerprint density at radius 1 is 1.23 bits per heavy atom. The molecule has 1 aromatic heterocycles. The van der Waals surface area contributed by atoms with Crippen LogP contribution in [0.5, 0.6) is 0 Å². The lowest BCUT2D eigenvalue weighted by Crippen LogP contribution is -2.41. The van der Waals surface area contributed by atoms with Crippen molar-refractivity contribution in [1.82, 2.24) is 9.47 Å². The normalized spacial score (nSPS) is 16.1. The van der Waals surface area contributed by atoms with Crippen molar-refractivity contribution in [2.24, 2.45) is 5.92 Å². The Labute approximate surface area is 133 Å². The van der Waals surface area contributed by atoms with Crippen LogP contribution in [-0.2, 0) is 16.1 Å². The fourth-order valence-corrected chi connectivity index (χ4v) is 3.18. The molecule has 1 aliphatic rings. The third-order valence-electron chi connectivity index (χ3n) is 4.26. The van der Waals surface area contributed by atoms with Gasteiger partial charge in [-0.1, -0.05) is 17.7 Å². The zero-order valence-corrected chi connectivity index (χ0v) is 12.8. The van der Waals surface area contributed by atoms with Gasteiger partial charge < -0.3 is 14.6 Å². The van der Waals surface area contributed by atoms with Crippen LogP contribution in [0.25, 0.3) is 10.9 Å². The van der Waals surface area contributed by atoms with E-state index in [1.807, 2.05) is 35.0 Å². The zero-order chi connectivity index (χ0) is 15.7. The van der Waals surface area contributed by atoms with Crippen molar-refractivity contribution in [3.8, 4) is 0 Å². The molecule has 0 unspecified atom stereocenters. The van der Waals surface area contributed by atoms with Crippen LogP contribution in [0.3, 0.4) is 0 Å². The van der Waals surface area contributed by atoms with Crippen molar-refractivity contribution in [3.05, 3.63) is 35.5 Å². The minimum absolute atomic E-state index is 0.0151. The lowest BCUT2D eigenvalue weighted by atomic mass is 9.97. The highest BCUT2D eigenvalue weighted by Crippen LogP contribution is 2.24. The molecule has 0 saturated carbocycles. The number of halogens is 1. The molecule has 2 aromatic rings. The maximum Gasteiger partial charge on any atom is 0.306 e. The Bertz CT molecular complexity index is 717. The number of likely N-dealkylation sites (tertiary alicyclic amines) is 1. The number of benzene rings is 1. The second-order valence-electron chi connectivity index (χ2n) is 5.61. The predicted octanol–water partition coefficient (Wildman–Crippen LogP) is 2.62. The Morgan fingerprint density at radius 2 is 1.95 bits per heavy atom. The third kappa shape index (κ3) is 2.81. The van der Waals surface area contributed by atoms with Gasteiger partial charge in [0, 0.05) is 35.2 Å². The van der Waals surface area contributed by atoms with Gasteiger partial charge in [-0.25, -0.2) is 0 Å². The number of fused-ring (bicyclic) bond motifs is 1. The molecule has 1 saturated heterocycles. The van der Waals surface area contributed by atoms with E-state index in [1.54, 1.807) is 4.90 Å². The van der Waals surface area contributed by atoms with Crippen molar-refractivity contribution in [3.63, 3.8) is 0 Å². The first-order valence-corrected chi connectivity index (χ1v) is 7.68. The number of hydrogen-bond donors (Lipinski definition) is 1. The van der Waals surface area contributed by atoms with Gasteiger partial charge in [0.25, 0.3) is 0 Å². The highest BCUT2D eigenvalue weighted by Gasteiger charge is 2.27. The van der Waals surface area contributed by atoms with Gasteiger partial charge >= 0.3 is 5.97 Å². The highest BCUT2D eigenvalue weighted by atomic mass is 35.5. The zero-order valence-electron chi connectivity index (χ0n) is 12.0. The van der Waals surface area contributed by atoms with E-state index in [4.69, 9.17) is 16.7 Å². The molecule has 1 aromatic carbocycles. The van der Waals surface area contributed by atoms with E-state index < -0.39 is 5.97 Å². The first-order chi connectivity index (χ1) is 10.6. The Morgan fingerprint density at radius 3 is 2.64 bits per heavy atom. The Balaban J connectivity index is 1.69. The summed E-state index contributed by atoms with van der Waals surface area (Å²) in [7, 11) is 0. The second-order valence-corrected chi connectivity index (χ2v) is 6.02. The van der Waals surface area contributed by atoms with Crippen molar-refractivity contribution in [2.45, 2.75) is 19.4 Å². The molecule has 0 bridgehead atoms. The van der Waals surface area contributed by atoms with Crippen LogP contribution in [-0.4, -0.2) is 39.5 Å². The fraction of sp³-hybridized carbons (Fsp3) is 0.375. The standard InChI is InChI=1S/C16H17ClN2O3/c17-13-2-1-3-14-12(13)6-9-19(14)10-15(20)18-7-4-11(5-8-18)16(21)22/h1-3,6,9,11H,4-5,7-8,10H2,(H,21,22). The quantitative estimate of drug-likeness (QED) is 0.945. The smallest absolute Gasteiger partial charge is 0.306 e. The average molecular weight is 321 g/mol. The van der Waals surface area contributed by atoms with E-state index in [2.05, 4.69) is 0 Å². The van der Waals surface area contributed by atoms with Gasteiger partial charge in [0.1, 0.15) is 6.54 Å². The van der Waals surface area contributed by atoms with Crippen molar-refractivity contribution < 1.29 is 14.7 Å². The molecule has 1 aliphatic heterocycles. The Hall–Kier alpha value is -2.01. The van der Waals surface area contributed by atoms with E-state index in [0.29, 0.717) is 31.0 Å². The van der Waals surface area contributed by atoms with Crippen molar-refractivity contribution in [1.29, 1.82) is 0 Å². The topological polar surface area (TPSA) is 62.5 Å². The highest BCUT2D eigenvalue weighted by molar-refractivity contribution is 6.35. The van der Waals surface area contributed by atoms with Crippen molar-refractivity contribution in [2.75, 3.05) is 13.1 Å². The third-order valence-corrected chi connectivity index (χ3v) is 4.59. The summed E-state index contributed by atoms with van der Waals surface area (Å²) < 4.78 is 1.88. The van der Waals surface area contributed by atoms with Gasteiger partial charge in [0.2, 0.25) is 5.91 Å². The number of rotatable bonds is 3. The predicted molar refractivity (Wildman–Crippen MR) is 83.9 cm³/mol. The first kappa shape index (κ1) is 14.9. The van der Waals surface area contributed by atoms with Crippen LogP contribution in [0.2, 0.25) is 5.02 Å². The minimum atomic E-state index is -0.766. The number of nitrogens with zero attached hydrogens (tertiary/aromatic N) is 2. The van der Waals surface area contributed by atoms with Crippen LogP contribution < -0.4 is 0 Å². The maximum atomic E-state index is 12.4. The molecular formula is C16H17ClN2O3. The minimum Gasteiger partial charge on any atom is -0.481 e. The van der Waals surface area contributed by atoms with Crippen LogP contribution in [0.4, 0.5) is 0 Å². The van der Waals surface area contributed by atoms with E-state index in [0.717, 1.165) is 10.9 Å². The molecule has 1 N–H and O–H groups in total. The number of amides is 1.